The van der Waals surface area contributed by atoms with Crippen molar-refractivity contribution < 1.29 is 0 Å². The van der Waals surface area contributed by atoms with Crippen LogP contribution in [0.1, 0.15) is 12.8 Å². The molecule has 1 aliphatic heterocycles. The second-order valence-electron chi connectivity index (χ2n) is 4.28. The number of thioether (sulfide) groups is 1. The Kier molecular flexibility index (Phi) is 3.49. The molecule has 2 aromatic heterocycles. The van der Waals surface area contributed by atoms with Crippen LogP contribution in [0.3, 0.4) is 0 Å². The Balaban J connectivity index is 1.74. The third-order valence-electron chi connectivity index (χ3n) is 2.86. The summed E-state index contributed by atoms with van der Waals surface area (Å²) in [5.74, 6) is 2.37. The van der Waals surface area contributed by atoms with Gasteiger partial charge in [-0.05, 0) is 24.7 Å². The third-order valence-corrected chi connectivity index (χ3v) is 4.26. The number of aromatic nitrogens is 5. The van der Waals surface area contributed by atoms with E-state index in [2.05, 4.69) is 25.4 Å². The molecule has 3 N–H and O–H groups in total. The van der Waals surface area contributed by atoms with Crippen molar-refractivity contribution in [2.24, 2.45) is 0 Å². The molecule has 1 unspecified atom stereocenters. The van der Waals surface area contributed by atoms with Crippen LogP contribution in [0.2, 0.25) is 0 Å². The van der Waals surface area contributed by atoms with Crippen LogP contribution in [0.4, 0.5) is 11.9 Å². The minimum Gasteiger partial charge on any atom is -0.368 e. The molecule has 0 bridgehead atoms. The van der Waals surface area contributed by atoms with Gasteiger partial charge in [-0.25, -0.2) is 4.68 Å². The summed E-state index contributed by atoms with van der Waals surface area (Å²) >= 11 is 1.99. The minimum absolute atomic E-state index is 0.196. The Morgan fingerprint density at radius 1 is 1.42 bits per heavy atom. The van der Waals surface area contributed by atoms with Crippen molar-refractivity contribution >= 4 is 23.7 Å². The topological polar surface area (TPSA) is 94.5 Å². The molecular weight excluding hydrogens is 262 g/mol. The monoisotopic (exact) mass is 277 g/mol. The number of nitrogen functional groups attached to an aromatic ring is 1. The van der Waals surface area contributed by atoms with Gasteiger partial charge in [0.1, 0.15) is 0 Å². The predicted octanol–water partition coefficient (Wildman–Crippen LogP) is 0.947. The molecule has 0 amide bonds. The number of rotatable bonds is 4. The average molecular weight is 277 g/mol. The van der Waals surface area contributed by atoms with E-state index in [0.29, 0.717) is 17.1 Å². The number of nitrogens with zero attached hydrogens (tertiary/aromatic N) is 5. The summed E-state index contributed by atoms with van der Waals surface area (Å²) in [4.78, 5) is 12.5. The van der Waals surface area contributed by atoms with Crippen molar-refractivity contribution in [2.45, 2.75) is 18.1 Å². The summed E-state index contributed by atoms with van der Waals surface area (Å²) in [6.07, 6.45) is 5.97. The second kappa shape index (κ2) is 5.43. The van der Waals surface area contributed by atoms with Gasteiger partial charge in [-0.1, -0.05) is 0 Å². The molecule has 1 saturated heterocycles. The molecule has 0 saturated carbocycles. The molecule has 7 nitrogen and oxygen atoms in total. The zero-order valence-corrected chi connectivity index (χ0v) is 11.2. The van der Waals surface area contributed by atoms with Gasteiger partial charge >= 0.3 is 0 Å². The predicted molar refractivity (Wildman–Crippen MR) is 75.3 cm³/mol. The Morgan fingerprint density at radius 2 is 2.37 bits per heavy atom. The quantitative estimate of drug-likeness (QED) is 0.859. The molecule has 8 heteroatoms. The first-order valence-corrected chi connectivity index (χ1v) is 7.23. The largest absolute Gasteiger partial charge is 0.368 e. The van der Waals surface area contributed by atoms with E-state index >= 15 is 0 Å². The van der Waals surface area contributed by atoms with Crippen LogP contribution in [0.15, 0.2) is 18.5 Å². The van der Waals surface area contributed by atoms with E-state index in [4.69, 9.17) is 5.73 Å². The number of hydrogen-bond acceptors (Lipinski definition) is 7. The normalized spacial score (nSPS) is 18.6. The number of nitrogens with two attached hydrogens (primary N) is 1. The summed E-state index contributed by atoms with van der Waals surface area (Å²) in [6.45, 7) is 0.854. The zero-order chi connectivity index (χ0) is 13.1. The van der Waals surface area contributed by atoms with Crippen LogP contribution in [-0.4, -0.2) is 42.3 Å². The first kappa shape index (κ1) is 12.2. The summed E-state index contributed by atoms with van der Waals surface area (Å²) in [5.41, 5.74) is 5.70. The van der Waals surface area contributed by atoms with Crippen molar-refractivity contribution in [2.75, 3.05) is 23.3 Å². The summed E-state index contributed by atoms with van der Waals surface area (Å²) in [6, 6.07) is 1.81. The van der Waals surface area contributed by atoms with Gasteiger partial charge in [-0.3, -0.25) is 0 Å². The Labute approximate surface area is 115 Å². The molecular formula is C11H15N7S. The Hall–Kier alpha value is -1.83. The van der Waals surface area contributed by atoms with Crippen LogP contribution >= 0.6 is 11.8 Å². The average Bonchev–Trinajstić information content (AvgIpc) is 3.09. The minimum atomic E-state index is 0.196. The standard InChI is InChI=1S/C11H15N7S/c12-9-15-10(13-7-8-3-1-6-19-8)17-11(16-9)18-5-2-4-14-18/h2,4-5,8H,1,3,6-7H2,(H3,12,13,15,16,17). The maximum absolute atomic E-state index is 5.70. The number of anilines is 2. The maximum Gasteiger partial charge on any atom is 0.257 e. The van der Waals surface area contributed by atoms with Crippen LogP contribution < -0.4 is 11.1 Å². The van der Waals surface area contributed by atoms with Gasteiger partial charge in [0.15, 0.2) is 0 Å². The van der Waals surface area contributed by atoms with E-state index < -0.39 is 0 Å². The van der Waals surface area contributed by atoms with E-state index in [-0.39, 0.29) is 5.95 Å². The summed E-state index contributed by atoms with van der Waals surface area (Å²) in [5, 5.41) is 7.94. The Bertz CT molecular complexity index is 536. The lowest BCUT2D eigenvalue weighted by atomic mass is 10.2. The van der Waals surface area contributed by atoms with Crippen LogP contribution in [0, 0.1) is 0 Å². The highest BCUT2D eigenvalue weighted by Gasteiger charge is 2.16. The van der Waals surface area contributed by atoms with Gasteiger partial charge in [-0.2, -0.15) is 31.8 Å². The molecule has 0 aliphatic carbocycles. The van der Waals surface area contributed by atoms with Crippen molar-refractivity contribution in [1.82, 2.24) is 24.7 Å². The highest BCUT2D eigenvalue weighted by Crippen LogP contribution is 2.25. The molecule has 2 aromatic rings. The summed E-state index contributed by atoms with van der Waals surface area (Å²) < 4.78 is 1.56. The van der Waals surface area contributed by atoms with E-state index in [1.165, 1.54) is 18.6 Å². The fourth-order valence-electron chi connectivity index (χ4n) is 1.96. The maximum atomic E-state index is 5.70. The fourth-order valence-corrected chi connectivity index (χ4v) is 3.16. The first-order valence-electron chi connectivity index (χ1n) is 6.18. The van der Waals surface area contributed by atoms with Gasteiger partial charge in [0, 0.05) is 24.2 Å². The van der Waals surface area contributed by atoms with Crippen LogP contribution in [0.25, 0.3) is 5.95 Å². The third kappa shape index (κ3) is 2.95. The highest BCUT2D eigenvalue weighted by molar-refractivity contribution is 8.00. The SMILES string of the molecule is Nc1nc(NCC2CCCS2)nc(-n2cccn2)n1. The molecule has 3 rings (SSSR count). The molecule has 0 aromatic carbocycles. The zero-order valence-electron chi connectivity index (χ0n) is 10.4. The molecule has 1 aliphatic rings. The molecule has 19 heavy (non-hydrogen) atoms. The van der Waals surface area contributed by atoms with Gasteiger partial charge in [0.25, 0.3) is 5.95 Å². The van der Waals surface area contributed by atoms with Crippen LogP contribution in [-0.2, 0) is 0 Å². The smallest absolute Gasteiger partial charge is 0.257 e. The first-order chi connectivity index (χ1) is 9.31. The highest BCUT2D eigenvalue weighted by atomic mass is 32.2. The number of nitrogens with one attached hydrogen (secondary N) is 1. The molecule has 0 spiro atoms. The van der Waals surface area contributed by atoms with E-state index in [9.17, 15) is 0 Å². The fraction of sp³-hybridized carbons (Fsp3) is 0.455. The lowest BCUT2D eigenvalue weighted by molar-refractivity contribution is 0.782. The second-order valence-corrected chi connectivity index (χ2v) is 5.69. The van der Waals surface area contributed by atoms with E-state index in [1.54, 1.807) is 17.1 Å². The molecule has 100 valence electrons. The lowest BCUT2D eigenvalue weighted by Gasteiger charge is -2.10. The molecule has 1 fully saturated rings. The molecule has 3 heterocycles. The summed E-state index contributed by atoms with van der Waals surface area (Å²) in [7, 11) is 0. The molecule has 0 radical (unpaired) electrons. The van der Waals surface area contributed by atoms with Gasteiger partial charge in [-0.15, -0.1) is 0 Å². The van der Waals surface area contributed by atoms with Crippen molar-refractivity contribution in [3.8, 4) is 5.95 Å². The van der Waals surface area contributed by atoms with Gasteiger partial charge < -0.3 is 11.1 Å². The van der Waals surface area contributed by atoms with Crippen molar-refractivity contribution in [3.05, 3.63) is 18.5 Å². The van der Waals surface area contributed by atoms with Crippen LogP contribution in [0.5, 0.6) is 0 Å². The van der Waals surface area contributed by atoms with Crippen molar-refractivity contribution in [1.29, 1.82) is 0 Å². The van der Waals surface area contributed by atoms with Gasteiger partial charge in [0.05, 0.1) is 0 Å². The Morgan fingerprint density at radius 3 is 3.11 bits per heavy atom. The lowest BCUT2D eigenvalue weighted by Crippen LogP contribution is -2.17. The number of hydrogen-bond donors (Lipinski definition) is 2. The molecule has 1 atom stereocenters. The van der Waals surface area contributed by atoms with E-state index in [1.807, 2.05) is 17.8 Å². The van der Waals surface area contributed by atoms with Gasteiger partial charge in [0.2, 0.25) is 11.9 Å². The van der Waals surface area contributed by atoms with E-state index in [0.717, 1.165) is 6.54 Å². The van der Waals surface area contributed by atoms with Crippen molar-refractivity contribution in [3.63, 3.8) is 0 Å².